The molecule has 1 aliphatic heterocycles. The van der Waals surface area contributed by atoms with Crippen molar-refractivity contribution in [2.24, 2.45) is 11.8 Å². The lowest BCUT2D eigenvalue weighted by Crippen LogP contribution is -2.32. The molecular formula is C10H19NO4S. The minimum atomic E-state index is -3.70. The van der Waals surface area contributed by atoms with E-state index in [1.54, 1.807) is 13.8 Å². The first kappa shape index (κ1) is 13.4. The highest BCUT2D eigenvalue weighted by atomic mass is 32.2. The van der Waals surface area contributed by atoms with Gasteiger partial charge in [0.05, 0.1) is 11.7 Å². The summed E-state index contributed by atoms with van der Waals surface area (Å²) < 4.78 is 27.6. The topological polar surface area (TPSA) is 72.5 Å². The maximum absolute atomic E-state index is 11.6. The summed E-state index contributed by atoms with van der Waals surface area (Å²) in [4.78, 5) is 11.2. The first-order valence-electron chi connectivity index (χ1n) is 5.57. The zero-order chi connectivity index (χ0) is 12.2. The fraction of sp³-hybridized carbons (Fsp3) is 0.900. The van der Waals surface area contributed by atoms with Crippen LogP contribution >= 0.6 is 0 Å². The van der Waals surface area contributed by atoms with Crippen molar-refractivity contribution in [3.05, 3.63) is 0 Å². The summed E-state index contributed by atoms with van der Waals surface area (Å²) in [6.45, 7) is 4.89. The van der Waals surface area contributed by atoms with Crippen LogP contribution in [0.4, 0.5) is 0 Å². The van der Waals surface area contributed by atoms with Crippen molar-refractivity contribution in [2.75, 3.05) is 18.8 Å². The smallest absolute Gasteiger partial charge is 0.324 e. The molecule has 0 aromatic heterocycles. The zero-order valence-corrected chi connectivity index (χ0v) is 10.5. The summed E-state index contributed by atoms with van der Waals surface area (Å²) in [5, 5.41) is 3.16. The predicted molar refractivity (Wildman–Crippen MR) is 60.3 cm³/mol. The SMILES string of the molecule is CC(C)C(=O)OS(=O)(=O)CC1CCNCC1. The highest BCUT2D eigenvalue weighted by molar-refractivity contribution is 7.87. The van der Waals surface area contributed by atoms with Gasteiger partial charge in [-0.1, -0.05) is 13.8 Å². The minimum absolute atomic E-state index is 0.0485. The Morgan fingerprint density at radius 1 is 1.38 bits per heavy atom. The molecular weight excluding hydrogens is 230 g/mol. The molecule has 0 spiro atoms. The van der Waals surface area contributed by atoms with E-state index in [0.29, 0.717) is 0 Å². The molecule has 1 fully saturated rings. The standard InChI is InChI=1S/C10H19NO4S/c1-8(2)10(12)15-16(13,14)7-9-3-5-11-6-4-9/h8-9,11H,3-7H2,1-2H3. The van der Waals surface area contributed by atoms with Crippen LogP contribution in [0.15, 0.2) is 0 Å². The van der Waals surface area contributed by atoms with Crippen LogP contribution < -0.4 is 5.32 Å². The number of nitrogens with one attached hydrogen (secondary N) is 1. The van der Waals surface area contributed by atoms with Gasteiger partial charge in [-0.05, 0) is 31.8 Å². The molecule has 0 amide bonds. The molecule has 6 heteroatoms. The predicted octanol–water partition coefficient (Wildman–Crippen LogP) is 0.515. The normalized spacial score (nSPS) is 18.7. The first-order valence-corrected chi connectivity index (χ1v) is 7.15. The van der Waals surface area contributed by atoms with Crippen LogP contribution in [0.25, 0.3) is 0 Å². The van der Waals surface area contributed by atoms with E-state index in [1.165, 1.54) is 0 Å². The molecule has 1 saturated heterocycles. The van der Waals surface area contributed by atoms with E-state index >= 15 is 0 Å². The number of piperidine rings is 1. The van der Waals surface area contributed by atoms with Crippen molar-refractivity contribution in [1.82, 2.24) is 5.32 Å². The Hall–Kier alpha value is -0.620. The van der Waals surface area contributed by atoms with Gasteiger partial charge >= 0.3 is 16.1 Å². The van der Waals surface area contributed by atoms with E-state index in [2.05, 4.69) is 9.50 Å². The van der Waals surface area contributed by atoms with E-state index in [-0.39, 0.29) is 11.7 Å². The molecule has 1 aliphatic rings. The molecule has 0 radical (unpaired) electrons. The molecule has 1 heterocycles. The van der Waals surface area contributed by atoms with Crippen molar-refractivity contribution in [2.45, 2.75) is 26.7 Å². The zero-order valence-electron chi connectivity index (χ0n) is 9.73. The third kappa shape index (κ3) is 4.49. The number of hydrogen-bond donors (Lipinski definition) is 1. The molecule has 0 saturated carbocycles. The van der Waals surface area contributed by atoms with Crippen molar-refractivity contribution >= 4 is 16.1 Å². The Kier molecular flexibility index (Phi) is 4.73. The van der Waals surface area contributed by atoms with Crippen LogP contribution in [0.1, 0.15) is 26.7 Å². The van der Waals surface area contributed by atoms with Gasteiger partial charge in [-0.15, -0.1) is 0 Å². The highest BCUT2D eigenvalue weighted by Gasteiger charge is 2.25. The second kappa shape index (κ2) is 5.63. The molecule has 0 atom stereocenters. The van der Waals surface area contributed by atoms with Crippen LogP contribution in [0.2, 0.25) is 0 Å². The molecule has 0 unspecified atom stereocenters. The van der Waals surface area contributed by atoms with Crippen molar-refractivity contribution in [3.8, 4) is 0 Å². The quantitative estimate of drug-likeness (QED) is 0.735. The molecule has 0 bridgehead atoms. The lowest BCUT2D eigenvalue weighted by Gasteiger charge is -2.21. The van der Waals surface area contributed by atoms with Crippen molar-refractivity contribution < 1.29 is 17.4 Å². The van der Waals surface area contributed by atoms with Crippen LogP contribution in [0.5, 0.6) is 0 Å². The number of hydrogen-bond acceptors (Lipinski definition) is 5. The van der Waals surface area contributed by atoms with Gasteiger partial charge < -0.3 is 9.50 Å². The molecule has 1 N–H and O–H groups in total. The molecule has 0 aliphatic carbocycles. The maximum Gasteiger partial charge on any atom is 0.324 e. The van der Waals surface area contributed by atoms with Crippen LogP contribution in [-0.4, -0.2) is 33.2 Å². The van der Waals surface area contributed by atoms with Crippen LogP contribution in [-0.2, 0) is 19.1 Å². The third-order valence-electron chi connectivity index (χ3n) is 2.58. The van der Waals surface area contributed by atoms with Gasteiger partial charge in [0.25, 0.3) is 0 Å². The van der Waals surface area contributed by atoms with Gasteiger partial charge in [-0.25, -0.2) is 0 Å². The van der Waals surface area contributed by atoms with E-state index in [4.69, 9.17) is 0 Å². The van der Waals surface area contributed by atoms with Crippen molar-refractivity contribution in [3.63, 3.8) is 0 Å². The van der Waals surface area contributed by atoms with Gasteiger partial charge in [0.15, 0.2) is 0 Å². The summed E-state index contributed by atoms with van der Waals surface area (Å²) in [7, 11) is -3.70. The Balaban J connectivity index is 2.47. The Morgan fingerprint density at radius 2 is 1.94 bits per heavy atom. The van der Waals surface area contributed by atoms with E-state index in [9.17, 15) is 13.2 Å². The largest absolute Gasteiger partial charge is 0.345 e. The van der Waals surface area contributed by atoms with E-state index in [1.807, 2.05) is 0 Å². The second-order valence-electron chi connectivity index (χ2n) is 4.47. The Labute approximate surface area is 96.7 Å². The average Bonchev–Trinajstić information content (AvgIpc) is 2.17. The van der Waals surface area contributed by atoms with Gasteiger partial charge in [0.2, 0.25) is 0 Å². The maximum atomic E-state index is 11.6. The summed E-state index contributed by atoms with van der Waals surface area (Å²) in [6.07, 6.45) is 1.64. The first-order chi connectivity index (χ1) is 7.41. The lowest BCUT2D eigenvalue weighted by molar-refractivity contribution is -0.137. The molecule has 94 valence electrons. The van der Waals surface area contributed by atoms with Crippen LogP contribution in [0.3, 0.4) is 0 Å². The monoisotopic (exact) mass is 249 g/mol. The summed E-state index contributed by atoms with van der Waals surface area (Å²) in [5.74, 6) is -1.03. The Morgan fingerprint density at radius 3 is 2.44 bits per heavy atom. The molecule has 1 rings (SSSR count). The van der Waals surface area contributed by atoms with Gasteiger partial charge in [0.1, 0.15) is 0 Å². The molecule has 0 aromatic rings. The van der Waals surface area contributed by atoms with Crippen molar-refractivity contribution in [1.29, 1.82) is 0 Å². The molecule has 16 heavy (non-hydrogen) atoms. The summed E-state index contributed by atoms with van der Waals surface area (Å²) in [6, 6.07) is 0. The number of rotatable bonds is 4. The fourth-order valence-electron chi connectivity index (χ4n) is 1.59. The van der Waals surface area contributed by atoms with Gasteiger partial charge in [-0.3, -0.25) is 4.79 Å². The Bertz CT molecular complexity index is 331. The number of carbonyl (C=O) groups excluding carboxylic acids is 1. The lowest BCUT2D eigenvalue weighted by atomic mass is 10.0. The average molecular weight is 249 g/mol. The van der Waals surface area contributed by atoms with E-state index < -0.39 is 22.0 Å². The summed E-state index contributed by atoms with van der Waals surface area (Å²) in [5.41, 5.74) is 0. The number of carbonyl (C=O) groups is 1. The summed E-state index contributed by atoms with van der Waals surface area (Å²) >= 11 is 0. The van der Waals surface area contributed by atoms with Gasteiger partial charge in [0, 0.05) is 0 Å². The fourth-order valence-corrected chi connectivity index (χ4v) is 3.01. The van der Waals surface area contributed by atoms with Crippen LogP contribution in [0, 0.1) is 11.8 Å². The second-order valence-corrected chi connectivity index (χ2v) is 6.09. The highest BCUT2D eigenvalue weighted by Crippen LogP contribution is 2.15. The van der Waals surface area contributed by atoms with Gasteiger partial charge in [-0.2, -0.15) is 8.42 Å². The minimum Gasteiger partial charge on any atom is -0.345 e. The molecule has 0 aromatic carbocycles. The third-order valence-corrected chi connectivity index (χ3v) is 3.88. The van der Waals surface area contributed by atoms with E-state index in [0.717, 1.165) is 25.9 Å². The molecule has 5 nitrogen and oxygen atoms in total.